The van der Waals surface area contributed by atoms with E-state index >= 15 is 0 Å². The number of nitrogens with zero attached hydrogens (tertiary/aromatic N) is 1. The standard InChI is InChI=1S/C6H15NO2.B/c1-7(2)5-6(8-3)9-4;/h6H,5H2,1-4H3;. The highest BCUT2D eigenvalue weighted by Crippen LogP contribution is 1.90. The van der Waals surface area contributed by atoms with Crippen LogP contribution in [0.3, 0.4) is 0 Å². The van der Waals surface area contributed by atoms with Crippen molar-refractivity contribution >= 4 is 8.41 Å². The molecule has 0 aromatic carbocycles. The Labute approximate surface area is 64.9 Å². The maximum absolute atomic E-state index is 4.95. The zero-order chi connectivity index (χ0) is 7.28. The van der Waals surface area contributed by atoms with Gasteiger partial charge in [0.15, 0.2) is 6.29 Å². The van der Waals surface area contributed by atoms with Crippen molar-refractivity contribution in [2.24, 2.45) is 0 Å². The number of hydrogen-bond donors (Lipinski definition) is 0. The van der Waals surface area contributed by atoms with Gasteiger partial charge in [-0.1, -0.05) is 0 Å². The molecular weight excluding hydrogens is 129 g/mol. The van der Waals surface area contributed by atoms with E-state index in [0.717, 1.165) is 6.54 Å². The van der Waals surface area contributed by atoms with Crippen LogP contribution in [-0.2, 0) is 9.47 Å². The van der Waals surface area contributed by atoms with Crippen molar-refractivity contribution < 1.29 is 9.47 Å². The van der Waals surface area contributed by atoms with Gasteiger partial charge in [-0.15, -0.1) is 0 Å². The van der Waals surface area contributed by atoms with E-state index in [-0.39, 0.29) is 14.7 Å². The Bertz CT molecular complexity index is 66.8. The summed E-state index contributed by atoms with van der Waals surface area (Å²) in [4.78, 5) is 2.01. The third kappa shape index (κ3) is 6.07. The third-order valence-electron chi connectivity index (χ3n) is 1.04. The summed E-state index contributed by atoms with van der Waals surface area (Å²) >= 11 is 0. The van der Waals surface area contributed by atoms with Crippen molar-refractivity contribution in [3.63, 3.8) is 0 Å². The van der Waals surface area contributed by atoms with E-state index in [4.69, 9.17) is 9.47 Å². The van der Waals surface area contributed by atoms with Gasteiger partial charge in [-0.05, 0) is 14.1 Å². The van der Waals surface area contributed by atoms with Gasteiger partial charge >= 0.3 is 0 Å². The molecule has 0 spiro atoms. The van der Waals surface area contributed by atoms with E-state index in [9.17, 15) is 0 Å². The zero-order valence-electron chi connectivity index (χ0n) is 7.13. The molecule has 10 heavy (non-hydrogen) atoms. The third-order valence-corrected chi connectivity index (χ3v) is 1.04. The predicted octanol–water partition coefficient (Wildman–Crippen LogP) is -0.214. The maximum Gasteiger partial charge on any atom is 0.169 e. The quantitative estimate of drug-likeness (QED) is 0.402. The maximum atomic E-state index is 4.95. The minimum absolute atomic E-state index is 0. The van der Waals surface area contributed by atoms with Crippen molar-refractivity contribution in [2.45, 2.75) is 6.29 Å². The fourth-order valence-corrected chi connectivity index (χ4v) is 0.543. The van der Waals surface area contributed by atoms with Gasteiger partial charge in [0.25, 0.3) is 0 Å². The first kappa shape index (κ1) is 12.6. The molecule has 0 aliphatic heterocycles. The highest BCUT2D eigenvalue weighted by molar-refractivity contribution is 5.75. The molecule has 0 N–H and O–H groups in total. The molecule has 0 saturated heterocycles. The smallest absolute Gasteiger partial charge is 0.169 e. The molecular formula is C6H15BNO2. The van der Waals surface area contributed by atoms with Crippen LogP contribution in [-0.4, -0.2) is 54.5 Å². The lowest BCUT2D eigenvalue weighted by molar-refractivity contribution is -0.111. The first-order valence-corrected chi connectivity index (χ1v) is 2.91. The number of ether oxygens (including phenoxy) is 2. The molecule has 0 aliphatic rings. The van der Waals surface area contributed by atoms with Crippen LogP contribution in [0.15, 0.2) is 0 Å². The molecule has 0 heterocycles. The van der Waals surface area contributed by atoms with Crippen LogP contribution < -0.4 is 0 Å². The second-order valence-electron chi connectivity index (χ2n) is 2.16. The molecule has 0 atom stereocenters. The summed E-state index contributed by atoms with van der Waals surface area (Å²) in [6, 6.07) is 0. The summed E-state index contributed by atoms with van der Waals surface area (Å²) in [6.45, 7) is 0.799. The first-order valence-electron chi connectivity index (χ1n) is 2.91. The Morgan fingerprint density at radius 1 is 1.20 bits per heavy atom. The van der Waals surface area contributed by atoms with Crippen molar-refractivity contribution in [3.05, 3.63) is 0 Å². The summed E-state index contributed by atoms with van der Waals surface area (Å²) < 4.78 is 9.89. The van der Waals surface area contributed by atoms with Gasteiger partial charge < -0.3 is 14.4 Å². The SMILES string of the molecule is COC(CN(C)C)OC.[B]. The van der Waals surface area contributed by atoms with E-state index < -0.39 is 0 Å². The molecule has 3 radical (unpaired) electrons. The highest BCUT2D eigenvalue weighted by Gasteiger charge is 2.04. The molecule has 4 heteroatoms. The van der Waals surface area contributed by atoms with Crippen LogP contribution in [0.5, 0.6) is 0 Å². The van der Waals surface area contributed by atoms with Gasteiger partial charge in [0, 0.05) is 29.2 Å². The van der Waals surface area contributed by atoms with Crippen LogP contribution in [0.2, 0.25) is 0 Å². The summed E-state index contributed by atoms with van der Waals surface area (Å²) in [5, 5.41) is 0. The van der Waals surface area contributed by atoms with Crippen molar-refractivity contribution in [1.29, 1.82) is 0 Å². The van der Waals surface area contributed by atoms with Crippen molar-refractivity contribution in [1.82, 2.24) is 4.90 Å². The van der Waals surface area contributed by atoms with Crippen molar-refractivity contribution in [2.75, 3.05) is 34.9 Å². The molecule has 0 amide bonds. The van der Waals surface area contributed by atoms with E-state index in [2.05, 4.69) is 0 Å². The molecule has 0 aromatic heterocycles. The first-order chi connectivity index (χ1) is 4.20. The minimum Gasteiger partial charge on any atom is -0.355 e. The number of likely N-dealkylation sites (N-methyl/N-ethyl adjacent to an activating group) is 1. The Kier molecular flexibility index (Phi) is 8.90. The Morgan fingerprint density at radius 2 is 1.60 bits per heavy atom. The molecule has 0 aliphatic carbocycles. The average molecular weight is 144 g/mol. The van der Waals surface area contributed by atoms with Crippen LogP contribution in [0.25, 0.3) is 0 Å². The second-order valence-corrected chi connectivity index (χ2v) is 2.16. The van der Waals surface area contributed by atoms with E-state index in [1.54, 1.807) is 14.2 Å². The topological polar surface area (TPSA) is 21.7 Å². The van der Waals surface area contributed by atoms with Crippen LogP contribution in [0, 0.1) is 0 Å². The van der Waals surface area contributed by atoms with Gasteiger partial charge in [-0.25, -0.2) is 0 Å². The number of rotatable bonds is 4. The van der Waals surface area contributed by atoms with Gasteiger partial charge in [-0.3, -0.25) is 0 Å². The lowest BCUT2D eigenvalue weighted by atomic mass is 10.6. The molecule has 0 saturated carbocycles. The van der Waals surface area contributed by atoms with E-state index in [0.29, 0.717) is 0 Å². The molecule has 0 bridgehead atoms. The number of hydrogen-bond acceptors (Lipinski definition) is 3. The average Bonchev–Trinajstić information content (AvgIpc) is 1.82. The van der Waals surface area contributed by atoms with Crippen LogP contribution >= 0.6 is 0 Å². The van der Waals surface area contributed by atoms with Gasteiger partial charge in [0.05, 0.1) is 0 Å². The Balaban J connectivity index is 0. The van der Waals surface area contributed by atoms with Crippen LogP contribution in [0.1, 0.15) is 0 Å². The summed E-state index contributed by atoms with van der Waals surface area (Å²) in [5.74, 6) is 0. The highest BCUT2D eigenvalue weighted by atomic mass is 16.7. The Hall–Kier alpha value is -0.0551. The van der Waals surface area contributed by atoms with Gasteiger partial charge in [0.1, 0.15) is 0 Å². The van der Waals surface area contributed by atoms with E-state index in [1.165, 1.54) is 0 Å². The summed E-state index contributed by atoms with van der Waals surface area (Å²) in [7, 11) is 7.23. The molecule has 59 valence electrons. The fraction of sp³-hybridized carbons (Fsp3) is 1.00. The molecule has 0 unspecified atom stereocenters. The second kappa shape index (κ2) is 7.06. The van der Waals surface area contributed by atoms with Gasteiger partial charge in [0.2, 0.25) is 0 Å². The number of methoxy groups -OCH3 is 2. The minimum atomic E-state index is -0.0972. The fourth-order valence-electron chi connectivity index (χ4n) is 0.543. The molecule has 0 aromatic rings. The largest absolute Gasteiger partial charge is 0.355 e. The molecule has 0 rings (SSSR count). The van der Waals surface area contributed by atoms with Gasteiger partial charge in [-0.2, -0.15) is 0 Å². The molecule has 0 fully saturated rings. The Morgan fingerprint density at radius 3 is 1.70 bits per heavy atom. The normalized spacial score (nSPS) is 10.2. The lowest BCUT2D eigenvalue weighted by Gasteiger charge is -2.17. The summed E-state index contributed by atoms with van der Waals surface area (Å²) in [6.07, 6.45) is -0.0972. The van der Waals surface area contributed by atoms with E-state index in [1.807, 2.05) is 19.0 Å². The lowest BCUT2D eigenvalue weighted by Crippen LogP contribution is -2.28. The van der Waals surface area contributed by atoms with Crippen LogP contribution in [0.4, 0.5) is 0 Å². The zero-order valence-corrected chi connectivity index (χ0v) is 7.13. The summed E-state index contributed by atoms with van der Waals surface area (Å²) in [5.41, 5.74) is 0. The van der Waals surface area contributed by atoms with Crippen molar-refractivity contribution in [3.8, 4) is 0 Å². The molecule has 3 nitrogen and oxygen atoms in total. The monoisotopic (exact) mass is 144 g/mol. The predicted molar refractivity (Wildman–Crippen MR) is 42.1 cm³/mol.